The van der Waals surface area contributed by atoms with E-state index < -0.39 is 16.8 Å². The molecule has 1 amide bonds. The highest BCUT2D eigenvalue weighted by molar-refractivity contribution is 5.95. The number of carbonyl (C=O) groups is 2. The zero-order chi connectivity index (χ0) is 17.7. The number of hydrogen-bond acceptors (Lipinski definition) is 5. The van der Waals surface area contributed by atoms with Gasteiger partial charge in [0.2, 0.25) is 0 Å². The van der Waals surface area contributed by atoms with Crippen LogP contribution in [0.25, 0.3) is 5.69 Å². The number of aromatic nitrogens is 2. The van der Waals surface area contributed by atoms with Gasteiger partial charge in [0.25, 0.3) is 11.6 Å². The smallest absolute Gasteiger partial charge is 0.303 e. The van der Waals surface area contributed by atoms with Crippen molar-refractivity contribution in [1.29, 1.82) is 0 Å². The molecule has 126 valence electrons. The van der Waals surface area contributed by atoms with Crippen LogP contribution in [-0.4, -0.2) is 37.5 Å². The molecule has 9 heteroatoms. The van der Waals surface area contributed by atoms with Gasteiger partial charge >= 0.3 is 5.97 Å². The molecule has 1 atom stereocenters. The minimum atomic E-state index is -0.948. The third kappa shape index (κ3) is 4.15. The fourth-order valence-corrected chi connectivity index (χ4v) is 2.15. The Morgan fingerprint density at radius 1 is 1.46 bits per heavy atom. The summed E-state index contributed by atoms with van der Waals surface area (Å²) in [6.07, 6.45) is 4.69. The zero-order valence-electron chi connectivity index (χ0n) is 12.9. The van der Waals surface area contributed by atoms with E-state index in [2.05, 4.69) is 10.3 Å². The molecule has 0 saturated carbocycles. The minimum absolute atomic E-state index is 0.0683. The summed E-state index contributed by atoms with van der Waals surface area (Å²) in [4.78, 5) is 37.2. The van der Waals surface area contributed by atoms with Crippen LogP contribution in [0.2, 0.25) is 0 Å². The summed E-state index contributed by atoms with van der Waals surface area (Å²) in [5, 5.41) is 22.5. The molecule has 1 unspecified atom stereocenters. The normalized spacial score (nSPS) is 11.7. The van der Waals surface area contributed by atoms with Crippen molar-refractivity contribution in [1.82, 2.24) is 14.9 Å². The average molecular weight is 332 g/mol. The number of aliphatic carboxylic acids is 1. The molecule has 2 rings (SSSR count). The SMILES string of the molecule is CC(CCC(=O)O)NC(=O)c1ccc(-n2ccnc2)c([N+](=O)[O-])c1. The van der Waals surface area contributed by atoms with Gasteiger partial charge in [-0.1, -0.05) is 0 Å². The van der Waals surface area contributed by atoms with Crippen LogP contribution in [0, 0.1) is 10.1 Å². The number of rotatable bonds is 7. The molecule has 24 heavy (non-hydrogen) atoms. The number of hydrogen-bond donors (Lipinski definition) is 2. The molecule has 0 spiro atoms. The number of carboxylic acids is 1. The number of nitro groups is 1. The van der Waals surface area contributed by atoms with Crippen LogP contribution in [-0.2, 0) is 4.79 Å². The fraction of sp³-hybridized carbons (Fsp3) is 0.267. The lowest BCUT2D eigenvalue weighted by atomic mass is 10.1. The van der Waals surface area contributed by atoms with E-state index in [-0.39, 0.29) is 30.1 Å². The zero-order valence-corrected chi connectivity index (χ0v) is 12.9. The number of nitrogens with one attached hydrogen (secondary N) is 1. The van der Waals surface area contributed by atoms with E-state index >= 15 is 0 Å². The first kappa shape index (κ1) is 17.1. The van der Waals surface area contributed by atoms with E-state index in [9.17, 15) is 19.7 Å². The number of nitro benzene ring substituents is 1. The van der Waals surface area contributed by atoms with Gasteiger partial charge in [-0.3, -0.25) is 19.7 Å². The molecule has 0 aliphatic heterocycles. The van der Waals surface area contributed by atoms with Gasteiger partial charge in [-0.15, -0.1) is 0 Å². The number of amides is 1. The van der Waals surface area contributed by atoms with Gasteiger partial charge in [-0.05, 0) is 25.5 Å². The summed E-state index contributed by atoms with van der Waals surface area (Å²) < 4.78 is 1.48. The predicted octanol–water partition coefficient (Wildman–Crippen LogP) is 1.76. The largest absolute Gasteiger partial charge is 0.481 e. The van der Waals surface area contributed by atoms with Crippen molar-refractivity contribution in [2.24, 2.45) is 0 Å². The minimum Gasteiger partial charge on any atom is -0.481 e. The highest BCUT2D eigenvalue weighted by Gasteiger charge is 2.19. The molecule has 0 aliphatic rings. The summed E-state index contributed by atoms with van der Waals surface area (Å²) in [6.45, 7) is 1.68. The molecule has 2 N–H and O–H groups in total. The first-order valence-electron chi connectivity index (χ1n) is 7.18. The molecule has 9 nitrogen and oxygen atoms in total. The lowest BCUT2D eigenvalue weighted by Crippen LogP contribution is -2.33. The van der Waals surface area contributed by atoms with E-state index in [1.165, 1.54) is 35.3 Å². The van der Waals surface area contributed by atoms with Crippen LogP contribution in [0.1, 0.15) is 30.1 Å². The highest BCUT2D eigenvalue weighted by Crippen LogP contribution is 2.24. The Bertz CT molecular complexity index is 757. The first-order chi connectivity index (χ1) is 11.4. The molecule has 1 heterocycles. The van der Waals surface area contributed by atoms with Crippen LogP contribution in [0.5, 0.6) is 0 Å². The van der Waals surface area contributed by atoms with Crippen molar-refractivity contribution >= 4 is 17.6 Å². The Kier molecular flexibility index (Phi) is 5.25. The van der Waals surface area contributed by atoms with Gasteiger partial charge in [0.15, 0.2) is 0 Å². The van der Waals surface area contributed by atoms with Crippen molar-refractivity contribution in [2.75, 3.05) is 0 Å². The third-order valence-corrected chi connectivity index (χ3v) is 3.39. The Balaban J connectivity index is 2.19. The van der Waals surface area contributed by atoms with Gasteiger partial charge in [-0.25, -0.2) is 4.98 Å². The van der Waals surface area contributed by atoms with Gasteiger partial charge < -0.3 is 15.0 Å². The molecule has 0 fully saturated rings. The Morgan fingerprint density at radius 2 is 2.21 bits per heavy atom. The van der Waals surface area contributed by atoms with Crippen LogP contribution in [0.4, 0.5) is 5.69 Å². The topological polar surface area (TPSA) is 127 Å². The van der Waals surface area contributed by atoms with Crippen LogP contribution in [0.3, 0.4) is 0 Å². The van der Waals surface area contributed by atoms with Crippen molar-refractivity contribution < 1.29 is 19.6 Å². The number of imidazole rings is 1. The Labute approximate surface area is 137 Å². The maximum absolute atomic E-state index is 12.2. The van der Waals surface area contributed by atoms with Gasteiger partial charge in [-0.2, -0.15) is 0 Å². The Hall–Kier alpha value is -3.23. The molecule has 1 aromatic heterocycles. The predicted molar refractivity (Wildman–Crippen MR) is 84.0 cm³/mol. The highest BCUT2D eigenvalue weighted by atomic mass is 16.6. The lowest BCUT2D eigenvalue weighted by molar-refractivity contribution is -0.384. The molecule has 0 radical (unpaired) electrons. The second kappa shape index (κ2) is 7.36. The standard InChI is InChI=1S/C15H16N4O5/c1-10(2-5-14(20)21)17-15(22)11-3-4-12(13(8-11)19(23)24)18-7-6-16-9-18/h3-4,6-10H,2,5H2,1H3,(H,17,22)(H,20,21). The van der Waals surface area contributed by atoms with Crippen molar-refractivity contribution in [3.63, 3.8) is 0 Å². The summed E-state index contributed by atoms with van der Waals surface area (Å²) in [6, 6.07) is 3.77. The molecular formula is C15H16N4O5. The summed E-state index contributed by atoms with van der Waals surface area (Å²) in [5.74, 6) is -1.44. The summed E-state index contributed by atoms with van der Waals surface area (Å²) in [7, 11) is 0. The van der Waals surface area contributed by atoms with E-state index in [0.717, 1.165) is 0 Å². The first-order valence-corrected chi connectivity index (χ1v) is 7.18. The van der Waals surface area contributed by atoms with Crippen LogP contribution in [0.15, 0.2) is 36.9 Å². The maximum atomic E-state index is 12.2. The summed E-state index contributed by atoms with van der Waals surface area (Å²) in [5.41, 5.74) is 0.208. The van der Waals surface area contributed by atoms with E-state index in [0.29, 0.717) is 5.69 Å². The second-order valence-electron chi connectivity index (χ2n) is 5.24. The van der Waals surface area contributed by atoms with Gasteiger partial charge in [0.1, 0.15) is 5.69 Å². The fourth-order valence-electron chi connectivity index (χ4n) is 2.15. The number of carbonyl (C=O) groups excluding carboxylic acids is 1. The Morgan fingerprint density at radius 3 is 2.79 bits per heavy atom. The van der Waals surface area contributed by atoms with Crippen molar-refractivity contribution in [2.45, 2.75) is 25.8 Å². The van der Waals surface area contributed by atoms with Gasteiger partial charge in [0, 0.05) is 36.5 Å². The molecular weight excluding hydrogens is 316 g/mol. The lowest BCUT2D eigenvalue weighted by Gasteiger charge is -2.13. The average Bonchev–Trinajstić information content (AvgIpc) is 3.06. The maximum Gasteiger partial charge on any atom is 0.303 e. The van der Waals surface area contributed by atoms with E-state index in [4.69, 9.17) is 5.11 Å². The number of benzene rings is 1. The van der Waals surface area contributed by atoms with Crippen LogP contribution >= 0.6 is 0 Å². The number of nitrogens with zero attached hydrogens (tertiary/aromatic N) is 3. The third-order valence-electron chi connectivity index (χ3n) is 3.39. The van der Waals surface area contributed by atoms with E-state index in [1.54, 1.807) is 13.1 Å². The van der Waals surface area contributed by atoms with Crippen molar-refractivity contribution in [3.05, 3.63) is 52.6 Å². The molecule has 2 aromatic rings. The molecule has 1 aromatic carbocycles. The van der Waals surface area contributed by atoms with E-state index in [1.807, 2.05) is 0 Å². The quantitative estimate of drug-likeness (QED) is 0.587. The molecule has 0 saturated heterocycles. The van der Waals surface area contributed by atoms with Crippen molar-refractivity contribution in [3.8, 4) is 5.69 Å². The van der Waals surface area contributed by atoms with Gasteiger partial charge in [0.05, 0.1) is 11.3 Å². The second-order valence-corrected chi connectivity index (χ2v) is 5.24. The molecule has 0 aliphatic carbocycles. The number of carboxylic acid groups (broad SMARTS) is 1. The molecule has 0 bridgehead atoms. The summed E-state index contributed by atoms with van der Waals surface area (Å²) >= 11 is 0. The monoisotopic (exact) mass is 332 g/mol. The van der Waals surface area contributed by atoms with Crippen LogP contribution < -0.4 is 5.32 Å².